The molecule has 0 aromatic rings. The maximum Gasteiger partial charge on any atom is 0.472 e. The minimum atomic E-state index is -4.75. The largest absolute Gasteiger partial charge is 0.472 e. The molecule has 11 nitrogen and oxygen atoms in total. The maximum atomic E-state index is 12.8. The van der Waals surface area contributed by atoms with E-state index < -0.39 is 57.8 Å². The zero-order valence-corrected chi connectivity index (χ0v) is 42.5. The van der Waals surface area contributed by atoms with Gasteiger partial charge in [-0.25, -0.2) is 4.57 Å². The van der Waals surface area contributed by atoms with Crippen molar-refractivity contribution in [3.8, 4) is 0 Å². The van der Waals surface area contributed by atoms with Crippen molar-refractivity contribution in [3.05, 3.63) is 72.9 Å². The molecule has 12 heteroatoms. The van der Waals surface area contributed by atoms with Crippen molar-refractivity contribution in [3.63, 3.8) is 0 Å². The fourth-order valence-electron chi connectivity index (χ4n) is 6.68. The Morgan fingerprint density at radius 3 is 1.30 bits per heavy atom. The van der Waals surface area contributed by atoms with Gasteiger partial charge in [0.25, 0.3) is 0 Å². The highest BCUT2D eigenvalue weighted by molar-refractivity contribution is 7.47. The minimum absolute atomic E-state index is 0.141. The van der Waals surface area contributed by atoms with Crippen molar-refractivity contribution < 1.29 is 52.2 Å². The Labute approximate surface area is 401 Å². The molecule has 0 heterocycles. The minimum Gasteiger partial charge on any atom is -0.462 e. The van der Waals surface area contributed by atoms with Gasteiger partial charge in [-0.15, -0.1) is 0 Å². The number of aliphatic hydroxyl groups excluding tert-OH is 1. The molecule has 0 rings (SSSR count). The van der Waals surface area contributed by atoms with Crippen LogP contribution in [-0.2, 0) is 42.2 Å². The van der Waals surface area contributed by atoms with Crippen molar-refractivity contribution in [2.75, 3.05) is 26.4 Å². The molecule has 0 fully saturated rings. The molecular formula is C54H93O11P. The van der Waals surface area contributed by atoms with Crippen molar-refractivity contribution >= 4 is 25.7 Å². The van der Waals surface area contributed by atoms with Gasteiger partial charge in [-0.05, 0) is 83.5 Å². The first-order valence-electron chi connectivity index (χ1n) is 25.8. The second-order valence-corrected chi connectivity index (χ2v) is 18.4. The summed E-state index contributed by atoms with van der Waals surface area (Å²) in [6.45, 7) is 4.37. The van der Waals surface area contributed by atoms with Crippen LogP contribution in [0.15, 0.2) is 72.9 Å². The predicted molar refractivity (Wildman–Crippen MR) is 270 cm³/mol. The van der Waals surface area contributed by atoms with E-state index in [-0.39, 0.29) is 25.9 Å². The summed E-state index contributed by atoms with van der Waals surface area (Å²) in [5.41, 5.74) is 0. The second-order valence-electron chi connectivity index (χ2n) is 17.0. The van der Waals surface area contributed by atoms with Gasteiger partial charge in [0.15, 0.2) is 6.10 Å². The Hall–Kier alpha value is -3.08. The Morgan fingerprint density at radius 2 is 0.818 bits per heavy atom. The van der Waals surface area contributed by atoms with Crippen LogP contribution in [0.1, 0.15) is 213 Å². The van der Waals surface area contributed by atoms with E-state index in [4.69, 9.17) is 23.3 Å². The summed E-state index contributed by atoms with van der Waals surface area (Å²) in [5, 5.41) is 9.76. The molecule has 3 unspecified atom stereocenters. The molecule has 0 saturated heterocycles. The SMILES string of the molecule is CC/C=C\C/C=C\C/C=C\C/C=C\CCCCC(=O)OCC(COP(=O)(O)OCC(CO)OC(=O)CCCCCCCCCCCCC)OC(=O)CCCCCCC/C=C\C/C=C\CCC. The van der Waals surface area contributed by atoms with Crippen LogP contribution >= 0.6 is 7.82 Å². The van der Waals surface area contributed by atoms with Crippen LogP contribution in [0.5, 0.6) is 0 Å². The predicted octanol–water partition coefficient (Wildman–Crippen LogP) is 14.6. The van der Waals surface area contributed by atoms with Crippen LogP contribution in [0.3, 0.4) is 0 Å². The molecule has 0 aromatic heterocycles. The Kier molecular flexibility index (Phi) is 46.1. The molecule has 0 aliphatic rings. The number of allylic oxidation sites excluding steroid dienone is 12. The highest BCUT2D eigenvalue weighted by Crippen LogP contribution is 2.43. The average Bonchev–Trinajstić information content (AvgIpc) is 3.30. The third-order valence-electron chi connectivity index (χ3n) is 10.6. The van der Waals surface area contributed by atoms with Crippen molar-refractivity contribution in [1.82, 2.24) is 0 Å². The molecule has 0 aromatic carbocycles. The summed E-state index contributed by atoms with van der Waals surface area (Å²) < 4.78 is 39.3. The normalized spacial score (nSPS) is 14.1. The van der Waals surface area contributed by atoms with E-state index in [9.17, 15) is 28.9 Å². The number of phosphoric acid groups is 1. The topological polar surface area (TPSA) is 155 Å². The number of unbranched alkanes of at least 4 members (excludes halogenated alkanes) is 18. The molecule has 0 aliphatic carbocycles. The fraction of sp³-hybridized carbons (Fsp3) is 0.722. The number of carbonyl (C=O) groups is 3. The third kappa shape index (κ3) is 46.0. The first-order valence-corrected chi connectivity index (χ1v) is 27.3. The first kappa shape index (κ1) is 62.9. The van der Waals surface area contributed by atoms with Gasteiger partial charge in [0.1, 0.15) is 12.7 Å². The second kappa shape index (κ2) is 48.4. The lowest BCUT2D eigenvalue weighted by molar-refractivity contribution is -0.161. The van der Waals surface area contributed by atoms with Crippen LogP contribution in [0.2, 0.25) is 0 Å². The fourth-order valence-corrected chi connectivity index (χ4v) is 7.46. The third-order valence-corrected chi connectivity index (χ3v) is 11.5. The van der Waals surface area contributed by atoms with Crippen LogP contribution < -0.4 is 0 Å². The van der Waals surface area contributed by atoms with Crippen molar-refractivity contribution in [2.24, 2.45) is 0 Å². The van der Waals surface area contributed by atoms with Crippen molar-refractivity contribution in [2.45, 2.75) is 226 Å². The number of hydrogen-bond donors (Lipinski definition) is 2. The average molecular weight is 949 g/mol. The van der Waals surface area contributed by atoms with Crippen LogP contribution in [0.4, 0.5) is 0 Å². The quantitative estimate of drug-likeness (QED) is 0.0197. The molecule has 0 saturated carbocycles. The van der Waals surface area contributed by atoms with Gasteiger partial charge in [-0.2, -0.15) is 0 Å². The van der Waals surface area contributed by atoms with Crippen LogP contribution in [0, 0.1) is 0 Å². The highest BCUT2D eigenvalue weighted by atomic mass is 31.2. The first-order chi connectivity index (χ1) is 32.2. The molecule has 0 bridgehead atoms. The summed E-state index contributed by atoms with van der Waals surface area (Å²) in [5.74, 6) is -1.53. The van der Waals surface area contributed by atoms with Gasteiger partial charge in [0, 0.05) is 19.3 Å². The summed E-state index contributed by atoms with van der Waals surface area (Å²) in [7, 11) is -4.75. The van der Waals surface area contributed by atoms with Gasteiger partial charge in [-0.1, -0.05) is 184 Å². The highest BCUT2D eigenvalue weighted by Gasteiger charge is 2.28. The molecule has 2 N–H and O–H groups in total. The number of esters is 3. The van der Waals surface area contributed by atoms with Gasteiger partial charge < -0.3 is 24.2 Å². The van der Waals surface area contributed by atoms with Gasteiger partial charge in [0.2, 0.25) is 0 Å². The van der Waals surface area contributed by atoms with E-state index in [1.54, 1.807) is 0 Å². The molecule has 380 valence electrons. The number of phosphoric ester groups is 1. The van der Waals surface area contributed by atoms with E-state index >= 15 is 0 Å². The standard InChI is InChI=1S/C54H93O11P/c1-4-7-10-13-16-19-22-24-25-27-29-31-34-37-40-43-52(56)61-47-51(65-54(58)45-42-39-36-33-30-26-23-20-17-14-11-8-5-2)49-63-66(59,60)62-48-50(46-55)64-53(57)44-41-38-35-32-28-21-18-15-12-9-6-3/h7,10-11,14,16,19-20,23-25,29,31,50-51,55H,4-6,8-9,12-13,15,17-18,21-22,26-28,30,32-49H2,1-3H3,(H,59,60)/b10-7-,14-11-,19-16-,23-20-,25-24-,31-29-. The summed E-state index contributed by atoms with van der Waals surface area (Å²) in [6.07, 6.45) is 51.6. The number of ether oxygens (including phenoxy) is 3. The van der Waals surface area contributed by atoms with Gasteiger partial charge in [0.05, 0.1) is 19.8 Å². The van der Waals surface area contributed by atoms with Crippen LogP contribution in [-0.4, -0.2) is 66.5 Å². The van der Waals surface area contributed by atoms with Crippen LogP contribution in [0.25, 0.3) is 0 Å². The molecule has 0 radical (unpaired) electrons. The lowest BCUT2D eigenvalue weighted by Gasteiger charge is -2.21. The number of rotatable bonds is 47. The van der Waals surface area contributed by atoms with Crippen molar-refractivity contribution in [1.29, 1.82) is 0 Å². The number of aliphatic hydroxyl groups is 1. The Morgan fingerprint density at radius 1 is 0.439 bits per heavy atom. The molecule has 0 aliphatic heterocycles. The monoisotopic (exact) mass is 949 g/mol. The molecule has 3 atom stereocenters. The molecule has 0 spiro atoms. The number of hydrogen-bond acceptors (Lipinski definition) is 10. The lowest BCUT2D eigenvalue weighted by atomic mass is 10.1. The zero-order chi connectivity index (χ0) is 48.4. The lowest BCUT2D eigenvalue weighted by Crippen LogP contribution is -2.30. The van der Waals surface area contributed by atoms with Gasteiger partial charge in [-0.3, -0.25) is 23.4 Å². The van der Waals surface area contributed by atoms with E-state index in [1.807, 2.05) is 0 Å². The summed E-state index contributed by atoms with van der Waals surface area (Å²) in [4.78, 5) is 48.2. The summed E-state index contributed by atoms with van der Waals surface area (Å²) in [6, 6.07) is 0. The zero-order valence-electron chi connectivity index (χ0n) is 41.6. The number of carbonyl (C=O) groups excluding carboxylic acids is 3. The molecule has 66 heavy (non-hydrogen) atoms. The maximum absolute atomic E-state index is 12.8. The Bertz CT molecular complexity index is 1390. The smallest absolute Gasteiger partial charge is 0.462 e. The molecule has 0 amide bonds. The van der Waals surface area contributed by atoms with E-state index in [0.29, 0.717) is 19.3 Å². The van der Waals surface area contributed by atoms with E-state index in [0.717, 1.165) is 109 Å². The summed E-state index contributed by atoms with van der Waals surface area (Å²) >= 11 is 0. The van der Waals surface area contributed by atoms with E-state index in [1.165, 1.54) is 44.9 Å². The Balaban J connectivity index is 4.83. The van der Waals surface area contributed by atoms with Gasteiger partial charge >= 0.3 is 25.7 Å². The molecular weight excluding hydrogens is 856 g/mol. The van der Waals surface area contributed by atoms with E-state index in [2.05, 4.69) is 93.7 Å².